The van der Waals surface area contributed by atoms with Crippen LogP contribution in [-0.4, -0.2) is 49.2 Å². The summed E-state index contributed by atoms with van der Waals surface area (Å²) in [6, 6.07) is -0.944. The minimum absolute atomic E-state index is 0.0102. The Morgan fingerprint density at radius 1 is 1.32 bits per heavy atom. The third-order valence-corrected chi connectivity index (χ3v) is 9.24. The van der Waals surface area contributed by atoms with Crippen molar-refractivity contribution < 1.29 is 19.4 Å². The molecule has 0 spiro atoms. The Morgan fingerprint density at radius 2 is 1.91 bits per heavy atom. The van der Waals surface area contributed by atoms with E-state index in [4.69, 9.17) is 14.7 Å². The Hall–Kier alpha value is -0.633. The number of hydrogen-bond donors (Lipinski definition) is 2. The predicted molar refractivity (Wildman–Crippen MR) is 86.8 cm³/mol. The summed E-state index contributed by atoms with van der Waals surface area (Å²) in [4.78, 5) is 2.76. The van der Waals surface area contributed by atoms with E-state index in [1.165, 1.54) is 0 Å². The molecule has 0 aromatic heterocycles. The van der Waals surface area contributed by atoms with Crippen molar-refractivity contribution in [1.29, 1.82) is 0 Å². The monoisotopic (exact) mass is 331 g/mol. The molecular formula is C14H29N3O4Si. The molecule has 8 heteroatoms. The lowest BCUT2D eigenvalue weighted by molar-refractivity contribution is -0.230. The number of azide groups is 1. The predicted octanol–water partition coefficient (Wildman–Crippen LogP) is 2.93. The van der Waals surface area contributed by atoms with E-state index in [2.05, 4.69) is 43.9 Å². The Balaban J connectivity index is 2.99. The van der Waals surface area contributed by atoms with E-state index >= 15 is 0 Å². The molecule has 128 valence electrons. The first kappa shape index (κ1) is 19.4. The van der Waals surface area contributed by atoms with Gasteiger partial charge in [-0.15, -0.1) is 0 Å². The summed E-state index contributed by atoms with van der Waals surface area (Å²) < 4.78 is 11.9. The van der Waals surface area contributed by atoms with E-state index in [9.17, 15) is 10.2 Å². The molecular weight excluding hydrogens is 302 g/mol. The molecule has 22 heavy (non-hydrogen) atoms. The van der Waals surface area contributed by atoms with Crippen LogP contribution in [0, 0.1) is 0 Å². The number of hydrogen-bond acceptors (Lipinski definition) is 5. The number of aliphatic hydroxyl groups is 2. The molecule has 1 fully saturated rings. The van der Waals surface area contributed by atoms with Crippen molar-refractivity contribution in [2.45, 2.75) is 89.3 Å². The molecule has 1 rings (SSSR count). The fourth-order valence-corrected chi connectivity index (χ4v) is 4.62. The molecule has 0 aromatic rings. The normalized spacial score (nSPS) is 33.4. The van der Waals surface area contributed by atoms with Crippen LogP contribution in [0.2, 0.25) is 18.1 Å². The quantitative estimate of drug-likeness (QED) is 0.337. The van der Waals surface area contributed by atoms with Crippen LogP contribution in [0.1, 0.15) is 40.5 Å². The molecule has 1 aliphatic rings. The average molecular weight is 331 g/mol. The largest absolute Gasteiger partial charge is 0.392 e. The van der Waals surface area contributed by atoms with Gasteiger partial charge in [0.1, 0.15) is 12.1 Å². The average Bonchev–Trinajstić information content (AvgIpc) is 2.40. The Morgan fingerprint density at radius 3 is 2.41 bits per heavy atom. The maximum Gasteiger partial charge on any atom is 0.195 e. The lowest BCUT2D eigenvalue weighted by Gasteiger charge is -2.46. The van der Waals surface area contributed by atoms with Gasteiger partial charge < -0.3 is 19.4 Å². The van der Waals surface area contributed by atoms with E-state index < -0.39 is 39.0 Å². The lowest BCUT2D eigenvalue weighted by atomic mass is 9.98. The third-order valence-electron chi connectivity index (χ3n) is 4.91. The SMILES string of the molecule is CCCC(C)(C)[Si](C)(C)O[C@H]1O[C@@H](C)[C@@H](O)[C@@H](O)[C@@H]1N=[N+]=[N-]. The van der Waals surface area contributed by atoms with Gasteiger partial charge in [0.2, 0.25) is 0 Å². The second-order valence-corrected chi connectivity index (χ2v) is 11.8. The molecule has 5 atom stereocenters. The highest BCUT2D eigenvalue weighted by atomic mass is 28.4. The Bertz CT molecular complexity index is 426. The van der Waals surface area contributed by atoms with Gasteiger partial charge in [-0.3, -0.25) is 0 Å². The summed E-state index contributed by atoms with van der Waals surface area (Å²) in [5, 5.41) is 23.7. The van der Waals surface area contributed by atoms with E-state index in [-0.39, 0.29) is 5.04 Å². The molecule has 7 nitrogen and oxygen atoms in total. The van der Waals surface area contributed by atoms with E-state index in [0.717, 1.165) is 12.8 Å². The van der Waals surface area contributed by atoms with Crippen LogP contribution >= 0.6 is 0 Å². The van der Waals surface area contributed by atoms with E-state index in [1.54, 1.807) is 6.92 Å². The molecule has 2 N–H and O–H groups in total. The zero-order chi connectivity index (χ0) is 17.1. The van der Waals surface area contributed by atoms with Crippen LogP contribution in [0.5, 0.6) is 0 Å². The molecule has 1 saturated heterocycles. The fraction of sp³-hybridized carbons (Fsp3) is 1.00. The van der Waals surface area contributed by atoms with E-state index in [1.807, 2.05) is 0 Å². The molecule has 0 aliphatic carbocycles. The summed E-state index contributed by atoms with van der Waals surface area (Å²) in [5.41, 5.74) is 8.71. The first-order valence-corrected chi connectivity index (χ1v) is 10.7. The van der Waals surface area contributed by atoms with Crippen molar-refractivity contribution in [1.82, 2.24) is 0 Å². The van der Waals surface area contributed by atoms with Crippen molar-refractivity contribution in [3.05, 3.63) is 10.4 Å². The summed E-state index contributed by atoms with van der Waals surface area (Å²) in [7, 11) is -2.19. The second-order valence-electron chi connectivity index (χ2n) is 7.15. The van der Waals surface area contributed by atoms with Crippen LogP contribution in [0.3, 0.4) is 0 Å². The third kappa shape index (κ3) is 4.01. The molecule has 0 bridgehead atoms. The van der Waals surface area contributed by atoms with E-state index in [0.29, 0.717) is 0 Å². The maximum atomic E-state index is 10.2. The van der Waals surface area contributed by atoms with Gasteiger partial charge in [-0.2, -0.15) is 0 Å². The molecule has 0 unspecified atom stereocenters. The van der Waals surface area contributed by atoms with Crippen molar-refractivity contribution in [3.8, 4) is 0 Å². The second kappa shape index (κ2) is 7.29. The number of aliphatic hydroxyl groups excluding tert-OH is 2. The van der Waals surface area contributed by atoms with Crippen molar-refractivity contribution in [2.75, 3.05) is 0 Å². The summed E-state index contributed by atoms with van der Waals surface area (Å²) in [6.45, 7) is 12.3. The van der Waals surface area contributed by atoms with Crippen molar-refractivity contribution in [3.63, 3.8) is 0 Å². The highest BCUT2D eigenvalue weighted by Crippen LogP contribution is 2.43. The Labute approximate surface area is 133 Å². The van der Waals surface area contributed by atoms with Gasteiger partial charge in [-0.1, -0.05) is 32.3 Å². The molecule has 0 saturated carbocycles. The van der Waals surface area contributed by atoms with Crippen LogP contribution in [-0.2, 0) is 9.16 Å². The molecule has 0 radical (unpaired) electrons. The first-order valence-electron chi connectivity index (χ1n) is 7.81. The van der Waals surface area contributed by atoms with Gasteiger partial charge in [-0.25, -0.2) is 0 Å². The molecule has 1 heterocycles. The number of rotatable bonds is 6. The fourth-order valence-electron chi connectivity index (χ4n) is 2.67. The highest BCUT2D eigenvalue weighted by molar-refractivity contribution is 6.74. The minimum Gasteiger partial charge on any atom is -0.392 e. The summed E-state index contributed by atoms with van der Waals surface area (Å²) >= 11 is 0. The molecule has 1 aliphatic heterocycles. The molecule has 0 amide bonds. The van der Waals surface area contributed by atoms with Gasteiger partial charge in [0.25, 0.3) is 0 Å². The smallest absolute Gasteiger partial charge is 0.195 e. The van der Waals surface area contributed by atoms with Crippen LogP contribution < -0.4 is 0 Å². The van der Waals surface area contributed by atoms with Crippen LogP contribution in [0.25, 0.3) is 10.4 Å². The lowest BCUT2D eigenvalue weighted by Crippen LogP contribution is -2.59. The minimum atomic E-state index is -2.19. The van der Waals surface area contributed by atoms with Crippen molar-refractivity contribution in [2.24, 2.45) is 5.11 Å². The van der Waals surface area contributed by atoms with Crippen molar-refractivity contribution >= 4 is 8.32 Å². The van der Waals surface area contributed by atoms with Gasteiger partial charge in [0.05, 0.1) is 12.2 Å². The number of ether oxygens (including phenoxy) is 1. The van der Waals surface area contributed by atoms with Crippen LogP contribution in [0.15, 0.2) is 5.11 Å². The highest BCUT2D eigenvalue weighted by Gasteiger charge is 2.48. The van der Waals surface area contributed by atoms with Gasteiger partial charge in [0.15, 0.2) is 14.6 Å². The van der Waals surface area contributed by atoms with Crippen LogP contribution in [0.4, 0.5) is 0 Å². The zero-order valence-corrected chi connectivity index (χ0v) is 15.4. The topological polar surface area (TPSA) is 108 Å². The Kier molecular flexibility index (Phi) is 6.43. The molecule has 0 aromatic carbocycles. The number of nitrogens with zero attached hydrogens (tertiary/aromatic N) is 3. The van der Waals surface area contributed by atoms with Gasteiger partial charge in [-0.05, 0) is 37.0 Å². The summed E-state index contributed by atoms with van der Waals surface area (Å²) in [6.07, 6.45) is -1.62. The maximum absolute atomic E-state index is 10.2. The standard InChI is InChI=1S/C14H29N3O4Si/c1-7-8-14(3,4)22(5,6)21-13-10(16-17-15)12(19)11(18)9(2)20-13/h9-13,18-19H,7-8H2,1-6H3/t9-,10-,11+,12-,13+/m0/s1. The zero-order valence-electron chi connectivity index (χ0n) is 14.4. The summed E-state index contributed by atoms with van der Waals surface area (Å²) in [5.74, 6) is 0. The van der Waals surface area contributed by atoms with Gasteiger partial charge >= 0.3 is 0 Å². The first-order chi connectivity index (χ1) is 10.1. The van der Waals surface area contributed by atoms with Gasteiger partial charge in [0, 0.05) is 4.91 Å².